The van der Waals surface area contributed by atoms with Crippen LogP contribution in [0.4, 0.5) is 11.6 Å². The minimum atomic E-state index is -0.479. The van der Waals surface area contributed by atoms with Crippen LogP contribution in [0.3, 0.4) is 0 Å². The maximum absolute atomic E-state index is 12.1. The van der Waals surface area contributed by atoms with Gasteiger partial charge in [0, 0.05) is 17.1 Å². The number of hydrogen-bond donors (Lipinski definition) is 2. The lowest BCUT2D eigenvalue weighted by molar-refractivity contribution is -0.125. The number of carbonyl (C=O) groups excluding carboxylic acids is 2. The molecule has 0 spiro atoms. The summed E-state index contributed by atoms with van der Waals surface area (Å²) in [5, 5.41) is 10.1. The van der Waals surface area contributed by atoms with Crippen LogP contribution in [-0.4, -0.2) is 26.6 Å². The molecule has 0 radical (unpaired) electrons. The maximum atomic E-state index is 12.1. The molecule has 114 valence electrons. The lowest BCUT2D eigenvalue weighted by atomic mass is 10.0. The van der Waals surface area contributed by atoms with Gasteiger partial charge in [-0.05, 0) is 25.1 Å². The third-order valence-electron chi connectivity index (χ3n) is 3.32. The van der Waals surface area contributed by atoms with Crippen LogP contribution in [0.15, 0.2) is 24.3 Å². The summed E-state index contributed by atoms with van der Waals surface area (Å²) in [5.41, 5.74) is 0.603. The fraction of sp³-hybridized carbons (Fsp3) is 0.286. The largest absolute Gasteiger partial charge is 0.326 e. The molecule has 1 unspecified atom stereocenters. The first-order valence-electron chi connectivity index (χ1n) is 6.79. The second kappa shape index (κ2) is 5.76. The van der Waals surface area contributed by atoms with Crippen LogP contribution < -0.4 is 10.6 Å². The van der Waals surface area contributed by atoms with Gasteiger partial charge in [-0.1, -0.05) is 17.7 Å². The van der Waals surface area contributed by atoms with E-state index in [2.05, 4.69) is 20.7 Å². The molecular formula is C14H14ClN5O2. The summed E-state index contributed by atoms with van der Waals surface area (Å²) in [4.78, 5) is 28.2. The number of aromatic nitrogens is 3. The SMILES string of the molecule is Cc1nc2n(n1)CC(CC(=O)Nc1cccc(Cl)c1)C(=O)N2. The Morgan fingerprint density at radius 2 is 2.36 bits per heavy atom. The van der Waals surface area contributed by atoms with E-state index in [4.69, 9.17) is 11.6 Å². The van der Waals surface area contributed by atoms with Crippen molar-refractivity contribution in [2.75, 3.05) is 10.6 Å². The van der Waals surface area contributed by atoms with Crippen molar-refractivity contribution in [1.82, 2.24) is 14.8 Å². The predicted octanol–water partition coefficient (Wildman–Crippen LogP) is 1.84. The Morgan fingerprint density at radius 1 is 1.55 bits per heavy atom. The van der Waals surface area contributed by atoms with Gasteiger partial charge in [0.1, 0.15) is 5.82 Å². The van der Waals surface area contributed by atoms with E-state index in [0.29, 0.717) is 29.0 Å². The van der Waals surface area contributed by atoms with Crippen LogP contribution in [0.2, 0.25) is 5.02 Å². The third-order valence-corrected chi connectivity index (χ3v) is 3.55. The molecular weight excluding hydrogens is 306 g/mol. The highest BCUT2D eigenvalue weighted by atomic mass is 35.5. The van der Waals surface area contributed by atoms with Crippen molar-refractivity contribution >= 4 is 35.1 Å². The van der Waals surface area contributed by atoms with Crippen LogP contribution in [0.25, 0.3) is 0 Å². The van der Waals surface area contributed by atoms with Gasteiger partial charge in [0.2, 0.25) is 17.8 Å². The Labute approximate surface area is 131 Å². The van der Waals surface area contributed by atoms with E-state index in [9.17, 15) is 9.59 Å². The molecule has 1 atom stereocenters. The second-order valence-corrected chi connectivity index (χ2v) is 5.55. The Morgan fingerprint density at radius 3 is 3.14 bits per heavy atom. The maximum Gasteiger partial charge on any atom is 0.232 e. The Kier molecular flexibility index (Phi) is 3.81. The van der Waals surface area contributed by atoms with E-state index >= 15 is 0 Å². The highest BCUT2D eigenvalue weighted by Gasteiger charge is 2.29. The summed E-state index contributed by atoms with van der Waals surface area (Å²) in [7, 11) is 0. The minimum absolute atomic E-state index is 0.0662. The zero-order valence-electron chi connectivity index (χ0n) is 11.8. The van der Waals surface area contributed by atoms with Gasteiger partial charge < -0.3 is 5.32 Å². The van der Waals surface area contributed by atoms with Gasteiger partial charge >= 0.3 is 0 Å². The van der Waals surface area contributed by atoms with Crippen molar-refractivity contribution in [3.8, 4) is 0 Å². The highest BCUT2D eigenvalue weighted by Crippen LogP contribution is 2.20. The summed E-state index contributed by atoms with van der Waals surface area (Å²) in [6.07, 6.45) is 0.0662. The van der Waals surface area contributed by atoms with Gasteiger partial charge in [0.15, 0.2) is 0 Å². The second-order valence-electron chi connectivity index (χ2n) is 5.11. The molecule has 1 aliphatic heterocycles. The number of anilines is 2. The third kappa shape index (κ3) is 3.09. The quantitative estimate of drug-likeness (QED) is 0.903. The molecule has 8 heteroatoms. The van der Waals surface area contributed by atoms with Crippen LogP contribution in [-0.2, 0) is 16.1 Å². The summed E-state index contributed by atoms with van der Waals surface area (Å²) in [6, 6.07) is 6.86. The molecule has 2 aromatic rings. The standard InChI is InChI=1S/C14H14ClN5O2/c1-8-16-14-18-13(22)9(7-20(14)19-8)5-12(21)17-11-4-2-3-10(15)6-11/h2-4,6,9H,5,7H2,1H3,(H,17,21)(H,16,18,19,22). The fourth-order valence-corrected chi connectivity index (χ4v) is 2.53. The molecule has 0 fully saturated rings. The Balaban J connectivity index is 1.65. The van der Waals surface area contributed by atoms with Gasteiger partial charge in [-0.2, -0.15) is 10.1 Å². The first-order valence-corrected chi connectivity index (χ1v) is 7.17. The van der Waals surface area contributed by atoms with E-state index in [-0.39, 0.29) is 18.2 Å². The zero-order chi connectivity index (χ0) is 15.7. The number of nitrogens with zero attached hydrogens (tertiary/aromatic N) is 3. The van der Waals surface area contributed by atoms with Crippen LogP contribution in [0.5, 0.6) is 0 Å². The summed E-state index contributed by atoms with van der Waals surface area (Å²) < 4.78 is 1.61. The lowest BCUT2D eigenvalue weighted by Crippen LogP contribution is -2.36. The normalized spacial score (nSPS) is 16.8. The van der Waals surface area contributed by atoms with Crippen molar-refractivity contribution in [1.29, 1.82) is 0 Å². The number of fused-ring (bicyclic) bond motifs is 1. The molecule has 1 aliphatic rings. The number of hydrogen-bond acceptors (Lipinski definition) is 4. The number of carbonyl (C=O) groups is 2. The average Bonchev–Trinajstić information content (AvgIpc) is 2.78. The number of halogens is 1. The van der Waals surface area contributed by atoms with E-state index < -0.39 is 5.92 Å². The summed E-state index contributed by atoms with van der Waals surface area (Å²) >= 11 is 5.87. The van der Waals surface area contributed by atoms with E-state index in [0.717, 1.165) is 0 Å². The van der Waals surface area contributed by atoms with Crippen molar-refractivity contribution in [3.63, 3.8) is 0 Å². The van der Waals surface area contributed by atoms with Crippen molar-refractivity contribution in [2.45, 2.75) is 19.9 Å². The van der Waals surface area contributed by atoms with Gasteiger partial charge in [-0.25, -0.2) is 4.68 Å². The van der Waals surface area contributed by atoms with E-state index in [1.165, 1.54) is 0 Å². The van der Waals surface area contributed by atoms with E-state index in [1.54, 1.807) is 35.9 Å². The Bertz CT molecular complexity index is 743. The van der Waals surface area contributed by atoms with Crippen LogP contribution >= 0.6 is 11.6 Å². The molecule has 0 saturated carbocycles. The fourth-order valence-electron chi connectivity index (χ4n) is 2.34. The van der Waals surface area contributed by atoms with Crippen LogP contribution in [0, 0.1) is 12.8 Å². The zero-order valence-corrected chi connectivity index (χ0v) is 12.6. The molecule has 0 aliphatic carbocycles. The average molecular weight is 320 g/mol. The molecule has 0 saturated heterocycles. The molecule has 1 aromatic heterocycles. The van der Waals surface area contributed by atoms with Gasteiger partial charge in [-0.15, -0.1) is 0 Å². The smallest absolute Gasteiger partial charge is 0.232 e. The van der Waals surface area contributed by atoms with Crippen molar-refractivity contribution < 1.29 is 9.59 Å². The molecule has 3 rings (SSSR count). The molecule has 1 aromatic carbocycles. The van der Waals surface area contributed by atoms with Gasteiger partial charge in [0.25, 0.3) is 0 Å². The predicted molar refractivity (Wildman–Crippen MR) is 81.6 cm³/mol. The first-order chi connectivity index (χ1) is 10.5. The minimum Gasteiger partial charge on any atom is -0.326 e. The van der Waals surface area contributed by atoms with Crippen LogP contribution in [0.1, 0.15) is 12.2 Å². The Hall–Kier alpha value is -2.41. The van der Waals surface area contributed by atoms with Gasteiger partial charge in [0.05, 0.1) is 12.5 Å². The van der Waals surface area contributed by atoms with Crippen molar-refractivity contribution in [2.24, 2.45) is 5.92 Å². The number of aryl methyl sites for hydroxylation is 1. The summed E-state index contributed by atoms with van der Waals surface area (Å²) in [5.74, 6) is 0.0601. The molecule has 2 N–H and O–H groups in total. The monoisotopic (exact) mass is 319 g/mol. The molecule has 2 amide bonds. The van der Waals surface area contributed by atoms with E-state index in [1.807, 2.05) is 0 Å². The topological polar surface area (TPSA) is 88.9 Å². The number of amides is 2. The first kappa shape index (κ1) is 14.5. The molecule has 7 nitrogen and oxygen atoms in total. The summed E-state index contributed by atoms with van der Waals surface area (Å²) in [6.45, 7) is 2.09. The molecule has 0 bridgehead atoms. The number of benzene rings is 1. The number of nitrogens with one attached hydrogen (secondary N) is 2. The number of rotatable bonds is 3. The molecule has 22 heavy (non-hydrogen) atoms. The molecule has 2 heterocycles. The van der Waals surface area contributed by atoms with Crippen molar-refractivity contribution in [3.05, 3.63) is 35.1 Å². The van der Waals surface area contributed by atoms with Gasteiger partial charge in [-0.3, -0.25) is 14.9 Å². The lowest BCUT2D eigenvalue weighted by Gasteiger charge is -2.21. The highest BCUT2D eigenvalue weighted by molar-refractivity contribution is 6.30.